The molecule has 0 aliphatic heterocycles. The van der Waals surface area contributed by atoms with Crippen molar-refractivity contribution >= 4 is 56.0 Å². The second-order valence-electron chi connectivity index (χ2n) is 4.27. The number of rotatable bonds is 3. The lowest BCUT2D eigenvalue weighted by Crippen LogP contribution is -2.20. The fourth-order valence-corrected chi connectivity index (χ4v) is 3.43. The van der Waals surface area contributed by atoms with E-state index in [2.05, 4.69) is 5.10 Å². The Morgan fingerprint density at radius 3 is 2.45 bits per heavy atom. The van der Waals surface area contributed by atoms with Gasteiger partial charge in [0.05, 0.1) is 15.6 Å². The van der Waals surface area contributed by atoms with Crippen LogP contribution in [0.4, 0.5) is 0 Å². The first-order chi connectivity index (χ1) is 10.4. The Morgan fingerprint density at radius 2 is 1.73 bits per heavy atom. The molecule has 0 saturated heterocycles. The fourth-order valence-electron chi connectivity index (χ4n) is 1.86. The summed E-state index contributed by atoms with van der Waals surface area (Å²) in [5, 5.41) is 4.85. The number of benzene rings is 2. The molecule has 0 unspecified atom stereocenters. The fraction of sp³-hybridized carbons (Fsp3) is 0. The van der Waals surface area contributed by atoms with Crippen LogP contribution in [-0.4, -0.2) is 17.6 Å². The van der Waals surface area contributed by atoms with E-state index in [1.807, 2.05) is 0 Å². The van der Waals surface area contributed by atoms with Crippen molar-refractivity contribution in [3.63, 3.8) is 0 Å². The molecule has 0 atom stereocenters. The van der Waals surface area contributed by atoms with Gasteiger partial charge in [-0.1, -0.05) is 46.9 Å². The molecule has 2 aromatic carbocycles. The minimum Gasteiger partial charge on any atom is -0.365 e. The van der Waals surface area contributed by atoms with Crippen LogP contribution < -0.4 is 4.18 Å². The number of halogens is 3. The van der Waals surface area contributed by atoms with Crippen LogP contribution in [0.1, 0.15) is 0 Å². The molecule has 0 fully saturated rings. The second kappa shape index (κ2) is 5.62. The largest absolute Gasteiger partial charge is 0.429 e. The number of para-hydroxylation sites is 1. The van der Waals surface area contributed by atoms with Gasteiger partial charge in [-0.25, -0.2) is 0 Å². The first-order valence-electron chi connectivity index (χ1n) is 5.92. The van der Waals surface area contributed by atoms with Crippen molar-refractivity contribution in [1.29, 1.82) is 0 Å². The molecule has 0 bridgehead atoms. The maximum Gasteiger partial charge on any atom is 0.429 e. The number of hydrogen-bond acceptors (Lipinski definition) is 4. The Kier molecular flexibility index (Phi) is 3.94. The van der Waals surface area contributed by atoms with E-state index < -0.39 is 10.3 Å². The van der Waals surface area contributed by atoms with E-state index in [1.54, 1.807) is 24.3 Å². The van der Waals surface area contributed by atoms with Crippen LogP contribution in [0.2, 0.25) is 15.2 Å². The minimum atomic E-state index is -4.23. The highest BCUT2D eigenvalue weighted by molar-refractivity contribution is 7.85. The van der Waals surface area contributed by atoms with Gasteiger partial charge in [0, 0.05) is 11.5 Å². The van der Waals surface area contributed by atoms with Crippen LogP contribution in [0.3, 0.4) is 0 Å². The predicted octanol–water partition coefficient (Wildman–Crippen LogP) is 4.17. The monoisotopic (exact) mass is 376 g/mol. The van der Waals surface area contributed by atoms with E-state index >= 15 is 0 Å². The van der Waals surface area contributed by atoms with E-state index in [4.69, 9.17) is 39.0 Å². The van der Waals surface area contributed by atoms with Gasteiger partial charge in [-0.15, -0.1) is 9.19 Å². The SMILES string of the molecule is O=S(=O)(Oc1ccc(Cl)c(Cl)c1)n1nc(Cl)c2ccccc21. The lowest BCUT2D eigenvalue weighted by Gasteiger charge is -2.08. The smallest absolute Gasteiger partial charge is 0.365 e. The third-order valence-corrected chi connectivity index (χ3v) is 4.94. The van der Waals surface area contributed by atoms with Gasteiger partial charge < -0.3 is 4.18 Å². The Balaban J connectivity index is 2.07. The molecule has 0 radical (unpaired) electrons. The second-order valence-corrected chi connectivity index (χ2v) is 6.81. The molecule has 0 N–H and O–H groups in total. The first kappa shape index (κ1) is 15.4. The van der Waals surface area contributed by atoms with Crippen LogP contribution in [-0.2, 0) is 10.3 Å². The van der Waals surface area contributed by atoms with Crippen LogP contribution in [0, 0.1) is 0 Å². The summed E-state index contributed by atoms with van der Waals surface area (Å²) in [5.74, 6) is 0.0186. The van der Waals surface area contributed by atoms with Crippen molar-refractivity contribution in [3.05, 3.63) is 57.7 Å². The predicted molar refractivity (Wildman–Crippen MR) is 86.2 cm³/mol. The average Bonchev–Trinajstić information content (AvgIpc) is 2.81. The molecule has 0 amide bonds. The summed E-state index contributed by atoms with van der Waals surface area (Å²) in [6.45, 7) is 0. The van der Waals surface area contributed by atoms with Gasteiger partial charge in [-0.3, -0.25) is 0 Å². The topological polar surface area (TPSA) is 61.2 Å². The highest BCUT2D eigenvalue weighted by Gasteiger charge is 2.22. The van der Waals surface area contributed by atoms with Crippen LogP contribution >= 0.6 is 34.8 Å². The highest BCUT2D eigenvalue weighted by atomic mass is 35.5. The third-order valence-electron chi connectivity index (χ3n) is 2.82. The van der Waals surface area contributed by atoms with E-state index in [1.165, 1.54) is 18.2 Å². The minimum absolute atomic E-state index is 0.0186. The number of aromatic nitrogens is 2. The molecule has 0 aliphatic carbocycles. The van der Waals surface area contributed by atoms with Crippen molar-refractivity contribution in [1.82, 2.24) is 9.19 Å². The molecule has 3 rings (SSSR count). The zero-order valence-corrected chi connectivity index (χ0v) is 13.8. The quantitative estimate of drug-likeness (QED) is 0.687. The van der Waals surface area contributed by atoms with Gasteiger partial charge in [0.2, 0.25) is 0 Å². The van der Waals surface area contributed by atoms with Gasteiger partial charge in [0.1, 0.15) is 5.75 Å². The normalized spacial score (nSPS) is 11.8. The molecule has 0 aliphatic rings. The first-order valence-corrected chi connectivity index (χ1v) is 8.42. The van der Waals surface area contributed by atoms with E-state index in [-0.39, 0.29) is 15.9 Å². The highest BCUT2D eigenvalue weighted by Crippen LogP contribution is 2.28. The van der Waals surface area contributed by atoms with Crippen molar-refractivity contribution in [2.24, 2.45) is 0 Å². The summed E-state index contributed by atoms with van der Waals surface area (Å²) >= 11 is 17.6. The summed E-state index contributed by atoms with van der Waals surface area (Å²) in [6, 6.07) is 10.8. The Morgan fingerprint density at radius 1 is 1.00 bits per heavy atom. The average molecular weight is 378 g/mol. The van der Waals surface area contributed by atoms with Gasteiger partial charge in [-0.2, -0.15) is 8.42 Å². The van der Waals surface area contributed by atoms with Crippen molar-refractivity contribution in [2.45, 2.75) is 0 Å². The summed E-state index contributed by atoms with van der Waals surface area (Å²) in [6.07, 6.45) is 0. The van der Waals surface area contributed by atoms with Crippen molar-refractivity contribution in [3.8, 4) is 5.75 Å². The Hall–Kier alpha value is -1.47. The Labute approximate surface area is 141 Å². The molecule has 22 heavy (non-hydrogen) atoms. The zero-order chi connectivity index (χ0) is 15.9. The van der Waals surface area contributed by atoms with Gasteiger partial charge in [0.15, 0.2) is 5.15 Å². The molecular formula is C13H7Cl3N2O3S. The Bertz CT molecular complexity index is 970. The summed E-state index contributed by atoms with van der Waals surface area (Å²) in [5.41, 5.74) is 0.313. The summed E-state index contributed by atoms with van der Waals surface area (Å²) < 4.78 is 30.5. The lowest BCUT2D eigenvalue weighted by molar-refractivity contribution is 0.471. The summed E-state index contributed by atoms with van der Waals surface area (Å²) in [4.78, 5) is 0. The number of fused-ring (bicyclic) bond motifs is 1. The molecule has 9 heteroatoms. The standard InChI is InChI=1S/C13H7Cl3N2O3S/c14-10-6-5-8(7-11(10)15)21-22(19,20)18-12-4-2-1-3-9(12)13(16)17-18/h1-7H. The number of nitrogens with zero attached hydrogens (tertiary/aromatic N) is 2. The van der Waals surface area contributed by atoms with E-state index in [0.29, 0.717) is 15.9 Å². The third kappa shape index (κ3) is 2.75. The molecule has 1 heterocycles. The van der Waals surface area contributed by atoms with Gasteiger partial charge >= 0.3 is 10.3 Å². The van der Waals surface area contributed by atoms with Crippen LogP contribution in [0.5, 0.6) is 5.75 Å². The molecule has 0 spiro atoms. The zero-order valence-electron chi connectivity index (χ0n) is 10.7. The van der Waals surface area contributed by atoms with Crippen LogP contribution in [0.15, 0.2) is 42.5 Å². The van der Waals surface area contributed by atoms with E-state index in [0.717, 1.165) is 4.09 Å². The number of hydrogen-bond donors (Lipinski definition) is 0. The molecule has 0 saturated carbocycles. The van der Waals surface area contributed by atoms with Crippen molar-refractivity contribution in [2.75, 3.05) is 0 Å². The van der Waals surface area contributed by atoms with E-state index in [9.17, 15) is 8.42 Å². The maximum atomic E-state index is 12.4. The molecule has 1 aromatic heterocycles. The molecule has 3 aromatic rings. The van der Waals surface area contributed by atoms with Gasteiger partial charge in [-0.05, 0) is 24.3 Å². The van der Waals surface area contributed by atoms with Crippen LogP contribution in [0.25, 0.3) is 10.9 Å². The molecule has 5 nitrogen and oxygen atoms in total. The maximum absolute atomic E-state index is 12.4. The van der Waals surface area contributed by atoms with Gasteiger partial charge in [0.25, 0.3) is 0 Å². The molecule has 114 valence electrons. The molecular weight excluding hydrogens is 371 g/mol. The lowest BCUT2D eigenvalue weighted by atomic mass is 10.3. The summed E-state index contributed by atoms with van der Waals surface area (Å²) in [7, 11) is -4.23. The van der Waals surface area contributed by atoms with Crippen molar-refractivity contribution < 1.29 is 12.6 Å².